The van der Waals surface area contributed by atoms with Crippen molar-refractivity contribution >= 4 is 11.6 Å². The first-order valence-electron chi connectivity index (χ1n) is 5.80. The van der Waals surface area contributed by atoms with Crippen molar-refractivity contribution in [3.63, 3.8) is 0 Å². The number of nitrogens with two attached hydrogens (primary N) is 1. The van der Waals surface area contributed by atoms with Crippen molar-refractivity contribution in [2.75, 3.05) is 12.3 Å². The van der Waals surface area contributed by atoms with Crippen LogP contribution in [0.25, 0.3) is 0 Å². The number of para-hydroxylation sites is 1. The maximum atomic E-state index is 11.8. The molecule has 0 saturated heterocycles. The first-order valence-corrected chi connectivity index (χ1v) is 5.80. The van der Waals surface area contributed by atoms with Crippen molar-refractivity contribution in [3.05, 3.63) is 47.5 Å². The Kier molecular flexibility index (Phi) is 3.62. The Hall–Kier alpha value is -2.30. The zero-order chi connectivity index (χ0) is 13.0. The summed E-state index contributed by atoms with van der Waals surface area (Å²) in [5.74, 6) is 0.730. The lowest BCUT2D eigenvalue weighted by Gasteiger charge is -2.06. The van der Waals surface area contributed by atoms with Gasteiger partial charge in [-0.25, -0.2) is 4.98 Å². The number of carbonyl (C=O) groups excluding carboxylic acids is 1. The molecule has 0 radical (unpaired) electrons. The first kappa shape index (κ1) is 12.2. The molecule has 0 aliphatic carbocycles. The predicted molar refractivity (Wildman–Crippen MR) is 70.2 cm³/mol. The van der Waals surface area contributed by atoms with Gasteiger partial charge in [0, 0.05) is 30.5 Å². The van der Waals surface area contributed by atoms with Gasteiger partial charge in [-0.1, -0.05) is 12.1 Å². The van der Waals surface area contributed by atoms with Crippen molar-refractivity contribution in [3.8, 4) is 0 Å². The fourth-order valence-corrected chi connectivity index (χ4v) is 1.71. The molecule has 0 saturated carbocycles. The Morgan fingerprint density at radius 2 is 2.22 bits per heavy atom. The topological polar surface area (TPSA) is 83.8 Å². The number of aryl methyl sites for hydroxylation is 1. The number of amides is 1. The van der Waals surface area contributed by atoms with Gasteiger partial charge in [0.15, 0.2) is 0 Å². The van der Waals surface area contributed by atoms with E-state index >= 15 is 0 Å². The molecule has 0 spiro atoms. The molecule has 1 aromatic heterocycles. The van der Waals surface area contributed by atoms with Gasteiger partial charge in [0.1, 0.15) is 5.82 Å². The Bertz CT molecular complexity index is 547. The molecule has 0 aliphatic rings. The minimum Gasteiger partial charge on any atom is -0.398 e. The average molecular weight is 244 g/mol. The van der Waals surface area contributed by atoms with Crippen molar-refractivity contribution in [2.45, 2.75) is 13.3 Å². The number of hydrogen-bond donors (Lipinski definition) is 3. The number of nitrogens with zero attached hydrogens (tertiary/aromatic N) is 1. The maximum Gasteiger partial charge on any atom is 0.253 e. The van der Waals surface area contributed by atoms with E-state index in [4.69, 9.17) is 5.73 Å². The molecule has 5 heteroatoms. The summed E-state index contributed by atoms with van der Waals surface area (Å²) in [6, 6.07) is 7.03. The summed E-state index contributed by atoms with van der Waals surface area (Å²) in [4.78, 5) is 19.1. The third-order valence-electron chi connectivity index (χ3n) is 2.64. The number of benzene rings is 1. The lowest BCUT2D eigenvalue weighted by atomic mass is 10.1. The number of nitrogen functional groups attached to an aromatic ring is 1. The lowest BCUT2D eigenvalue weighted by Crippen LogP contribution is -2.26. The first-order chi connectivity index (χ1) is 8.66. The number of aromatic amines is 1. The van der Waals surface area contributed by atoms with Crippen molar-refractivity contribution < 1.29 is 4.79 Å². The van der Waals surface area contributed by atoms with Gasteiger partial charge in [0.25, 0.3) is 5.91 Å². The van der Waals surface area contributed by atoms with Crippen LogP contribution in [0.3, 0.4) is 0 Å². The fourth-order valence-electron chi connectivity index (χ4n) is 1.71. The van der Waals surface area contributed by atoms with Gasteiger partial charge in [0.05, 0.1) is 5.56 Å². The van der Waals surface area contributed by atoms with Crippen LogP contribution in [0.15, 0.2) is 30.5 Å². The molecule has 0 aliphatic heterocycles. The highest BCUT2D eigenvalue weighted by Crippen LogP contribution is 2.09. The third kappa shape index (κ3) is 2.88. The summed E-state index contributed by atoms with van der Waals surface area (Å²) in [6.45, 7) is 2.45. The normalized spacial score (nSPS) is 10.3. The quantitative estimate of drug-likeness (QED) is 0.708. The minimum absolute atomic E-state index is 0.149. The van der Waals surface area contributed by atoms with Crippen LogP contribution in [0, 0.1) is 6.92 Å². The number of aromatic nitrogens is 2. The van der Waals surface area contributed by atoms with E-state index < -0.39 is 0 Å². The van der Waals surface area contributed by atoms with Gasteiger partial charge in [-0.2, -0.15) is 0 Å². The van der Waals surface area contributed by atoms with Crippen LogP contribution in [0.4, 0.5) is 5.69 Å². The molecule has 2 rings (SSSR count). The number of nitrogens with one attached hydrogen (secondary N) is 2. The second-order valence-electron chi connectivity index (χ2n) is 4.09. The largest absolute Gasteiger partial charge is 0.398 e. The van der Waals surface area contributed by atoms with E-state index in [1.807, 2.05) is 6.92 Å². The zero-order valence-corrected chi connectivity index (χ0v) is 10.2. The van der Waals surface area contributed by atoms with Gasteiger partial charge in [-0.15, -0.1) is 0 Å². The molecule has 2 aromatic rings. The number of hydrogen-bond acceptors (Lipinski definition) is 3. The number of rotatable bonds is 4. The van der Waals surface area contributed by atoms with E-state index in [1.54, 1.807) is 30.5 Å². The summed E-state index contributed by atoms with van der Waals surface area (Å²) in [5, 5.41) is 2.83. The molecule has 0 fully saturated rings. The van der Waals surface area contributed by atoms with Gasteiger partial charge in [-0.05, 0) is 19.1 Å². The van der Waals surface area contributed by atoms with Crippen LogP contribution in [-0.2, 0) is 6.42 Å². The van der Waals surface area contributed by atoms with Gasteiger partial charge in [0.2, 0.25) is 0 Å². The highest BCUT2D eigenvalue weighted by Gasteiger charge is 2.07. The second-order valence-corrected chi connectivity index (χ2v) is 4.09. The van der Waals surface area contributed by atoms with Crippen LogP contribution < -0.4 is 11.1 Å². The van der Waals surface area contributed by atoms with Gasteiger partial charge >= 0.3 is 0 Å². The fraction of sp³-hybridized carbons (Fsp3) is 0.231. The molecule has 0 atom stereocenters. The average Bonchev–Trinajstić information content (AvgIpc) is 2.75. The van der Waals surface area contributed by atoms with E-state index in [1.165, 1.54) is 0 Å². The molecule has 0 bridgehead atoms. The monoisotopic (exact) mass is 244 g/mol. The van der Waals surface area contributed by atoms with Crippen LogP contribution in [0.1, 0.15) is 21.9 Å². The van der Waals surface area contributed by atoms with Gasteiger partial charge < -0.3 is 16.0 Å². The van der Waals surface area contributed by atoms with Crippen LogP contribution in [-0.4, -0.2) is 22.4 Å². The van der Waals surface area contributed by atoms with Crippen molar-refractivity contribution in [2.24, 2.45) is 0 Å². The summed E-state index contributed by atoms with van der Waals surface area (Å²) in [6.07, 6.45) is 2.50. The standard InChI is InChI=1S/C13H16N4O/c1-9-16-8-10(17-9)6-7-15-13(18)11-4-2-3-5-12(11)14/h2-5,8H,6-7,14H2,1H3,(H,15,18)(H,16,17). The van der Waals surface area contributed by atoms with Crippen LogP contribution in [0.2, 0.25) is 0 Å². The molecule has 5 nitrogen and oxygen atoms in total. The van der Waals surface area contributed by atoms with E-state index in [0.717, 1.165) is 17.9 Å². The van der Waals surface area contributed by atoms with E-state index in [-0.39, 0.29) is 5.91 Å². The Morgan fingerprint density at radius 1 is 1.44 bits per heavy atom. The number of carbonyl (C=O) groups is 1. The number of H-pyrrole nitrogens is 1. The predicted octanol–water partition coefficient (Wildman–Crippen LogP) is 1.27. The molecule has 1 amide bonds. The highest BCUT2D eigenvalue weighted by atomic mass is 16.1. The molecule has 94 valence electrons. The van der Waals surface area contributed by atoms with E-state index in [9.17, 15) is 4.79 Å². The van der Waals surface area contributed by atoms with Gasteiger partial charge in [-0.3, -0.25) is 4.79 Å². The van der Waals surface area contributed by atoms with Crippen molar-refractivity contribution in [1.29, 1.82) is 0 Å². The third-order valence-corrected chi connectivity index (χ3v) is 2.64. The summed E-state index contributed by atoms with van der Waals surface area (Å²) < 4.78 is 0. The summed E-state index contributed by atoms with van der Waals surface area (Å²) in [5.41, 5.74) is 7.74. The minimum atomic E-state index is -0.149. The Balaban J connectivity index is 1.87. The molecule has 18 heavy (non-hydrogen) atoms. The van der Waals surface area contributed by atoms with E-state index in [0.29, 0.717) is 17.8 Å². The van der Waals surface area contributed by atoms with Crippen molar-refractivity contribution in [1.82, 2.24) is 15.3 Å². The molecule has 4 N–H and O–H groups in total. The highest BCUT2D eigenvalue weighted by molar-refractivity contribution is 5.99. The van der Waals surface area contributed by atoms with E-state index in [2.05, 4.69) is 15.3 Å². The summed E-state index contributed by atoms with van der Waals surface area (Å²) in [7, 11) is 0. The Morgan fingerprint density at radius 3 is 2.89 bits per heavy atom. The SMILES string of the molecule is Cc1ncc(CCNC(=O)c2ccccc2N)[nH]1. The molecular formula is C13H16N4O. The van der Waals surface area contributed by atoms with Crippen LogP contribution >= 0.6 is 0 Å². The zero-order valence-electron chi connectivity index (χ0n) is 10.2. The number of anilines is 1. The smallest absolute Gasteiger partial charge is 0.253 e. The maximum absolute atomic E-state index is 11.8. The number of imidazole rings is 1. The molecule has 0 unspecified atom stereocenters. The lowest BCUT2D eigenvalue weighted by molar-refractivity contribution is 0.0955. The molecular weight excluding hydrogens is 228 g/mol. The molecule has 1 aromatic carbocycles. The van der Waals surface area contributed by atoms with Crippen LogP contribution in [0.5, 0.6) is 0 Å². The Labute approximate surface area is 105 Å². The summed E-state index contributed by atoms with van der Waals surface area (Å²) >= 11 is 0. The molecule has 1 heterocycles. The second kappa shape index (κ2) is 5.35.